The van der Waals surface area contributed by atoms with Gasteiger partial charge in [0.25, 0.3) is 5.91 Å². The molecule has 1 atom stereocenters. The number of fused-ring (bicyclic) bond motifs is 1. The molecule has 1 amide bonds. The highest BCUT2D eigenvalue weighted by Crippen LogP contribution is 2.35. The van der Waals surface area contributed by atoms with Gasteiger partial charge in [-0.15, -0.1) is 0 Å². The van der Waals surface area contributed by atoms with Gasteiger partial charge in [-0.1, -0.05) is 42.5 Å². The molecule has 7 nitrogen and oxygen atoms in total. The lowest BCUT2D eigenvalue weighted by Crippen LogP contribution is -2.37. The van der Waals surface area contributed by atoms with E-state index in [-0.39, 0.29) is 23.6 Å². The van der Waals surface area contributed by atoms with E-state index in [1.54, 1.807) is 7.11 Å². The molecule has 0 radical (unpaired) electrons. The van der Waals surface area contributed by atoms with Gasteiger partial charge in [0.2, 0.25) is 0 Å². The van der Waals surface area contributed by atoms with Crippen LogP contribution in [0.5, 0.6) is 5.75 Å². The number of nitrogens with zero attached hydrogens (tertiary/aromatic N) is 3. The average Bonchev–Trinajstić information content (AvgIpc) is 3.34. The average molecular weight is 541 g/mol. The number of ether oxygens (including phenoxy) is 1. The third-order valence-electron chi connectivity index (χ3n) is 8.41. The minimum atomic E-state index is -0.0150. The number of likely N-dealkylation sites (tertiary alicyclic amines) is 1. The molecule has 5 rings (SSSR count). The molecule has 7 heteroatoms. The van der Waals surface area contributed by atoms with Gasteiger partial charge in [0, 0.05) is 49.3 Å². The van der Waals surface area contributed by atoms with Gasteiger partial charge < -0.3 is 19.5 Å². The lowest BCUT2D eigenvalue weighted by molar-refractivity contribution is 0.0773. The fourth-order valence-corrected chi connectivity index (χ4v) is 6.16. The quantitative estimate of drug-likeness (QED) is 0.281. The highest BCUT2D eigenvalue weighted by Gasteiger charge is 2.25. The number of nitrogens with one attached hydrogen (secondary N) is 1. The van der Waals surface area contributed by atoms with E-state index >= 15 is 0 Å². The van der Waals surface area contributed by atoms with Crippen molar-refractivity contribution in [2.75, 3.05) is 39.8 Å². The number of H-pyrrole nitrogens is 1. The summed E-state index contributed by atoms with van der Waals surface area (Å²) < 4.78 is 7.70. The van der Waals surface area contributed by atoms with E-state index in [0.29, 0.717) is 13.1 Å². The number of aromatic amines is 1. The fraction of sp³-hybridized carbons (Fsp3) is 0.394. The number of imidazole rings is 1. The second-order valence-corrected chi connectivity index (χ2v) is 10.6. The number of rotatable bonds is 10. The zero-order chi connectivity index (χ0) is 28.1. The summed E-state index contributed by atoms with van der Waals surface area (Å²) in [6.07, 6.45) is 2.83. The highest BCUT2D eigenvalue weighted by atomic mass is 16.5. The molecular weight excluding hydrogens is 500 g/mol. The van der Waals surface area contributed by atoms with Crippen molar-refractivity contribution < 1.29 is 9.53 Å². The van der Waals surface area contributed by atoms with E-state index in [2.05, 4.69) is 34.1 Å². The topological polar surface area (TPSA) is 70.6 Å². The van der Waals surface area contributed by atoms with Crippen LogP contribution in [-0.4, -0.2) is 65.1 Å². The normalized spacial score (nSPS) is 15.3. The molecule has 1 unspecified atom stereocenters. The summed E-state index contributed by atoms with van der Waals surface area (Å²) in [5.41, 5.74) is 4.94. The molecule has 1 aliphatic heterocycles. The third kappa shape index (κ3) is 5.70. The van der Waals surface area contributed by atoms with Crippen molar-refractivity contribution in [3.05, 3.63) is 100.0 Å². The summed E-state index contributed by atoms with van der Waals surface area (Å²) >= 11 is 0. The summed E-state index contributed by atoms with van der Waals surface area (Å²) in [6, 6.07) is 24.5. The first-order valence-corrected chi connectivity index (χ1v) is 14.5. The first-order valence-electron chi connectivity index (χ1n) is 14.5. The van der Waals surface area contributed by atoms with Crippen LogP contribution in [0.25, 0.3) is 11.0 Å². The van der Waals surface area contributed by atoms with Crippen LogP contribution in [0, 0.1) is 0 Å². The molecule has 40 heavy (non-hydrogen) atoms. The van der Waals surface area contributed by atoms with Crippen molar-refractivity contribution in [1.29, 1.82) is 0 Å². The second kappa shape index (κ2) is 12.6. The number of para-hydroxylation sites is 3. The van der Waals surface area contributed by atoms with Gasteiger partial charge >= 0.3 is 5.69 Å². The summed E-state index contributed by atoms with van der Waals surface area (Å²) in [5, 5.41) is 0. The number of carbonyl (C=O) groups is 1. The van der Waals surface area contributed by atoms with E-state index in [1.807, 2.05) is 71.8 Å². The van der Waals surface area contributed by atoms with Gasteiger partial charge in [-0.05, 0) is 75.5 Å². The Kier molecular flexibility index (Phi) is 8.70. The Bertz CT molecular complexity index is 1480. The largest absolute Gasteiger partial charge is 0.496 e. The molecule has 0 spiro atoms. The van der Waals surface area contributed by atoms with Crippen molar-refractivity contribution in [2.24, 2.45) is 0 Å². The van der Waals surface area contributed by atoms with Crippen LogP contribution in [0.3, 0.4) is 0 Å². The van der Waals surface area contributed by atoms with E-state index in [1.165, 1.54) is 5.56 Å². The van der Waals surface area contributed by atoms with Crippen LogP contribution in [0.15, 0.2) is 77.6 Å². The molecule has 210 valence electrons. The lowest BCUT2D eigenvalue weighted by atomic mass is 9.87. The molecule has 1 N–H and O–H groups in total. The minimum absolute atomic E-state index is 0.0150. The highest BCUT2D eigenvalue weighted by molar-refractivity contribution is 5.94. The predicted octanol–water partition coefficient (Wildman–Crippen LogP) is 5.68. The molecule has 0 bridgehead atoms. The number of aromatic nitrogens is 2. The number of hydrogen-bond acceptors (Lipinski definition) is 4. The fourth-order valence-electron chi connectivity index (χ4n) is 6.16. The summed E-state index contributed by atoms with van der Waals surface area (Å²) in [7, 11) is 1.72. The van der Waals surface area contributed by atoms with E-state index in [4.69, 9.17) is 4.74 Å². The van der Waals surface area contributed by atoms with Crippen LogP contribution in [0.4, 0.5) is 0 Å². The van der Waals surface area contributed by atoms with Crippen molar-refractivity contribution in [3.8, 4) is 5.75 Å². The molecule has 1 aliphatic rings. The molecule has 3 aromatic carbocycles. The van der Waals surface area contributed by atoms with Gasteiger partial charge in [0.1, 0.15) is 5.75 Å². The van der Waals surface area contributed by atoms with E-state index in [0.717, 1.165) is 66.8 Å². The molecule has 1 aromatic heterocycles. The summed E-state index contributed by atoms with van der Waals surface area (Å²) in [4.78, 5) is 32.9. The maximum Gasteiger partial charge on any atom is 0.326 e. The smallest absolute Gasteiger partial charge is 0.326 e. The Morgan fingerprint density at radius 3 is 2.35 bits per heavy atom. The zero-order valence-corrected chi connectivity index (χ0v) is 23.8. The van der Waals surface area contributed by atoms with Crippen LogP contribution in [0.2, 0.25) is 0 Å². The van der Waals surface area contributed by atoms with Gasteiger partial charge in [-0.3, -0.25) is 9.36 Å². The molecule has 0 aliphatic carbocycles. The Morgan fingerprint density at radius 1 is 0.975 bits per heavy atom. The zero-order valence-electron chi connectivity index (χ0n) is 23.8. The number of amides is 1. The number of piperidine rings is 1. The first kappa shape index (κ1) is 27.7. The molecular formula is C33H40N4O3. The Labute approximate surface area is 236 Å². The summed E-state index contributed by atoms with van der Waals surface area (Å²) in [5.74, 6) is 1.10. The van der Waals surface area contributed by atoms with Crippen LogP contribution < -0.4 is 10.4 Å². The van der Waals surface area contributed by atoms with Crippen molar-refractivity contribution >= 4 is 16.9 Å². The second-order valence-electron chi connectivity index (χ2n) is 10.6. The SMILES string of the molecule is CCN(CC)C(=O)c1ccc(C(CCN2CCC(n3c(=O)[nH]c4ccccc43)CC2)c2ccccc2OC)cc1. The number of hydrogen-bond donors (Lipinski definition) is 1. The van der Waals surface area contributed by atoms with Crippen molar-refractivity contribution in [2.45, 2.75) is 45.1 Å². The van der Waals surface area contributed by atoms with Gasteiger partial charge in [-0.25, -0.2) is 4.79 Å². The molecule has 4 aromatic rings. The molecule has 1 saturated heterocycles. The van der Waals surface area contributed by atoms with E-state index < -0.39 is 0 Å². The van der Waals surface area contributed by atoms with Crippen LogP contribution in [0.1, 0.15) is 66.6 Å². The standard InChI is InChI=1S/C33H40N4O3/c1-4-36(5-2)32(38)25-16-14-24(15-17-25)27(28-10-6-9-13-31(28)40-3)20-23-35-21-18-26(19-22-35)37-30-12-8-7-11-29(30)34-33(37)39/h6-17,26-27H,4-5,18-23H2,1-3H3,(H,34,39). The van der Waals surface area contributed by atoms with Crippen LogP contribution >= 0.6 is 0 Å². The molecule has 2 heterocycles. The number of carbonyl (C=O) groups excluding carboxylic acids is 1. The van der Waals surface area contributed by atoms with Gasteiger partial charge in [0.15, 0.2) is 0 Å². The van der Waals surface area contributed by atoms with Crippen molar-refractivity contribution in [1.82, 2.24) is 19.4 Å². The maximum atomic E-state index is 12.9. The monoisotopic (exact) mass is 540 g/mol. The Balaban J connectivity index is 1.31. The van der Waals surface area contributed by atoms with Crippen LogP contribution in [-0.2, 0) is 0 Å². The third-order valence-corrected chi connectivity index (χ3v) is 8.41. The predicted molar refractivity (Wildman–Crippen MR) is 160 cm³/mol. The number of methoxy groups -OCH3 is 1. The summed E-state index contributed by atoms with van der Waals surface area (Å²) in [6.45, 7) is 8.26. The van der Waals surface area contributed by atoms with E-state index in [9.17, 15) is 9.59 Å². The Hall–Kier alpha value is -3.84. The number of benzene rings is 3. The first-order chi connectivity index (χ1) is 19.5. The Morgan fingerprint density at radius 2 is 1.65 bits per heavy atom. The minimum Gasteiger partial charge on any atom is -0.496 e. The maximum absolute atomic E-state index is 12.9. The molecule has 0 saturated carbocycles. The lowest BCUT2D eigenvalue weighted by Gasteiger charge is -2.33. The molecule has 1 fully saturated rings. The van der Waals surface area contributed by atoms with Gasteiger partial charge in [0.05, 0.1) is 18.1 Å². The van der Waals surface area contributed by atoms with Crippen molar-refractivity contribution in [3.63, 3.8) is 0 Å². The van der Waals surface area contributed by atoms with Gasteiger partial charge in [-0.2, -0.15) is 0 Å².